The quantitative estimate of drug-likeness (QED) is 0.776. The molecule has 5 heteroatoms. The van der Waals surface area contributed by atoms with Crippen LogP contribution in [0.1, 0.15) is 33.1 Å². The molecule has 3 nitrogen and oxygen atoms in total. The van der Waals surface area contributed by atoms with Crippen LogP contribution in [-0.4, -0.2) is 48.0 Å². The number of nitrogens with zero attached hydrogens (tertiary/aromatic N) is 2. The van der Waals surface area contributed by atoms with Crippen LogP contribution < -0.4 is 4.90 Å². The lowest BCUT2D eigenvalue weighted by Crippen LogP contribution is -2.46. The molecular formula is C19H27ClN2OS. The van der Waals surface area contributed by atoms with Gasteiger partial charge < -0.3 is 9.80 Å². The Hall–Kier alpha value is -0.710. The molecule has 1 atom stereocenters. The summed E-state index contributed by atoms with van der Waals surface area (Å²) in [7, 11) is 0. The second-order valence-electron chi connectivity index (χ2n) is 7.03. The van der Waals surface area contributed by atoms with Crippen molar-refractivity contribution in [3.05, 3.63) is 29.3 Å². The molecule has 2 fully saturated rings. The summed E-state index contributed by atoms with van der Waals surface area (Å²) in [4.78, 5) is 17.6. The molecule has 2 heterocycles. The van der Waals surface area contributed by atoms with E-state index in [1.807, 2.05) is 40.9 Å². The highest BCUT2D eigenvalue weighted by Crippen LogP contribution is 2.43. The minimum absolute atomic E-state index is 0.128. The Morgan fingerprint density at radius 3 is 2.42 bits per heavy atom. The maximum Gasteiger partial charge on any atom is 0.233 e. The van der Waals surface area contributed by atoms with Crippen molar-refractivity contribution in [1.82, 2.24) is 4.90 Å². The van der Waals surface area contributed by atoms with Crippen molar-refractivity contribution >= 4 is 35.0 Å². The van der Waals surface area contributed by atoms with E-state index in [1.54, 1.807) is 0 Å². The van der Waals surface area contributed by atoms with Crippen LogP contribution in [0.15, 0.2) is 24.3 Å². The van der Waals surface area contributed by atoms with E-state index >= 15 is 0 Å². The molecule has 0 saturated carbocycles. The standard InChI is InChI=1S/C19H27ClN2OS/c1-3-24-15(2)14-21-11-8-19(9-12-21)10-13-22(18(19)23)17-6-4-16(20)5-7-17/h4-7,15H,3,8-14H2,1-2H3. The summed E-state index contributed by atoms with van der Waals surface area (Å²) in [6.07, 6.45) is 2.99. The van der Waals surface area contributed by atoms with E-state index in [0.717, 1.165) is 51.1 Å². The Kier molecular flexibility index (Phi) is 5.78. The number of carbonyl (C=O) groups is 1. The summed E-state index contributed by atoms with van der Waals surface area (Å²) in [6, 6.07) is 7.64. The second kappa shape index (κ2) is 7.67. The average Bonchev–Trinajstić information content (AvgIpc) is 2.88. The first-order valence-corrected chi connectivity index (χ1v) is 10.4. The fourth-order valence-corrected chi connectivity index (χ4v) is 5.03. The fraction of sp³-hybridized carbons (Fsp3) is 0.632. The van der Waals surface area contributed by atoms with Gasteiger partial charge in [0.25, 0.3) is 0 Å². The molecule has 3 rings (SSSR count). The number of rotatable bonds is 5. The third-order valence-corrected chi connectivity index (χ3v) is 6.73. The van der Waals surface area contributed by atoms with Crippen molar-refractivity contribution in [1.29, 1.82) is 0 Å². The molecule has 24 heavy (non-hydrogen) atoms. The molecule has 1 amide bonds. The lowest BCUT2D eigenvalue weighted by molar-refractivity contribution is -0.128. The van der Waals surface area contributed by atoms with Gasteiger partial charge in [0.15, 0.2) is 0 Å². The van der Waals surface area contributed by atoms with Crippen LogP contribution in [-0.2, 0) is 4.79 Å². The van der Waals surface area contributed by atoms with Crippen LogP contribution >= 0.6 is 23.4 Å². The van der Waals surface area contributed by atoms with Crippen molar-refractivity contribution in [2.24, 2.45) is 5.41 Å². The van der Waals surface area contributed by atoms with Gasteiger partial charge in [-0.3, -0.25) is 4.79 Å². The Bertz CT molecular complexity index is 569. The number of anilines is 1. The number of hydrogen-bond acceptors (Lipinski definition) is 3. The number of amides is 1. The number of likely N-dealkylation sites (tertiary alicyclic amines) is 1. The van der Waals surface area contributed by atoms with Crippen LogP contribution in [0.5, 0.6) is 0 Å². The second-order valence-corrected chi connectivity index (χ2v) is 9.18. The zero-order valence-electron chi connectivity index (χ0n) is 14.6. The summed E-state index contributed by atoms with van der Waals surface area (Å²) in [5, 5.41) is 1.39. The average molecular weight is 367 g/mol. The van der Waals surface area contributed by atoms with Crippen LogP contribution in [0.3, 0.4) is 0 Å². The van der Waals surface area contributed by atoms with Crippen molar-refractivity contribution < 1.29 is 4.79 Å². The van der Waals surface area contributed by atoms with Crippen LogP contribution in [0.4, 0.5) is 5.69 Å². The van der Waals surface area contributed by atoms with Gasteiger partial charge in [0.05, 0.1) is 5.41 Å². The predicted octanol–water partition coefficient (Wildman–Crippen LogP) is 4.30. The van der Waals surface area contributed by atoms with Gasteiger partial charge in [-0.05, 0) is 62.4 Å². The van der Waals surface area contributed by atoms with Crippen molar-refractivity contribution in [3.8, 4) is 0 Å². The third-order valence-electron chi connectivity index (χ3n) is 5.43. The molecule has 0 radical (unpaired) electrons. The van der Waals surface area contributed by atoms with Gasteiger partial charge in [0, 0.05) is 29.0 Å². The van der Waals surface area contributed by atoms with E-state index in [4.69, 9.17) is 11.6 Å². The van der Waals surface area contributed by atoms with Gasteiger partial charge in [-0.2, -0.15) is 11.8 Å². The van der Waals surface area contributed by atoms with E-state index in [2.05, 4.69) is 18.7 Å². The maximum atomic E-state index is 13.1. The molecule has 0 bridgehead atoms. The first-order valence-electron chi connectivity index (χ1n) is 8.95. The summed E-state index contributed by atoms with van der Waals surface area (Å²) in [5.74, 6) is 1.49. The third kappa shape index (κ3) is 3.76. The topological polar surface area (TPSA) is 23.6 Å². The molecule has 0 N–H and O–H groups in total. The van der Waals surface area contributed by atoms with Gasteiger partial charge in [-0.25, -0.2) is 0 Å². The SMILES string of the molecule is CCSC(C)CN1CCC2(CC1)CCN(c1ccc(Cl)cc1)C2=O. The van der Waals surface area contributed by atoms with Crippen molar-refractivity contribution in [3.63, 3.8) is 0 Å². The minimum atomic E-state index is -0.128. The first kappa shape index (κ1) is 18.1. The predicted molar refractivity (Wildman–Crippen MR) is 104 cm³/mol. The zero-order chi connectivity index (χ0) is 17.2. The van der Waals surface area contributed by atoms with Gasteiger partial charge in [-0.1, -0.05) is 25.4 Å². The number of benzene rings is 1. The Balaban J connectivity index is 1.60. The van der Waals surface area contributed by atoms with Gasteiger partial charge >= 0.3 is 0 Å². The first-order chi connectivity index (χ1) is 11.5. The van der Waals surface area contributed by atoms with E-state index in [-0.39, 0.29) is 5.41 Å². The summed E-state index contributed by atoms with van der Waals surface area (Å²) >= 11 is 7.99. The molecular weight excluding hydrogens is 340 g/mol. The van der Waals surface area contributed by atoms with Crippen LogP contribution in [0.25, 0.3) is 0 Å². The molecule has 0 aliphatic carbocycles. The molecule has 2 aliphatic heterocycles. The molecule has 1 aromatic rings. The van der Waals surface area contributed by atoms with E-state index < -0.39 is 0 Å². The molecule has 1 spiro atoms. The number of carbonyl (C=O) groups excluding carboxylic acids is 1. The van der Waals surface area contributed by atoms with Crippen molar-refractivity contribution in [2.75, 3.05) is 36.8 Å². The molecule has 2 aliphatic rings. The molecule has 0 aromatic heterocycles. The molecule has 2 saturated heterocycles. The highest BCUT2D eigenvalue weighted by atomic mass is 35.5. The minimum Gasteiger partial charge on any atom is -0.312 e. The lowest BCUT2D eigenvalue weighted by Gasteiger charge is -2.38. The Morgan fingerprint density at radius 1 is 1.17 bits per heavy atom. The normalized spacial score (nSPS) is 22.3. The summed E-state index contributed by atoms with van der Waals surface area (Å²) in [6.45, 7) is 8.60. The van der Waals surface area contributed by atoms with Crippen molar-refractivity contribution in [2.45, 2.75) is 38.4 Å². The monoisotopic (exact) mass is 366 g/mol. The van der Waals surface area contributed by atoms with Crippen LogP contribution in [0, 0.1) is 5.41 Å². The summed E-state index contributed by atoms with van der Waals surface area (Å²) < 4.78 is 0. The van der Waals surface area contributed by atoms with Gasteiger partial charge in [0.2, 0.25) is 5.91 Å². The number of hydrogen-bond donors (Lipinski definition) is 0. The number of piperidine rings is 1. The highest BCUT2D eigenvalue weighted by molar-refractivity contribution is 7.99. The zero-order valence-corrected chi connectivity index (χ0v) is 16.2. The molecule has 132 valence electrons. The van der Waals surface area contributed by atoms with E-state index in [0.29, 0.717) is 16.2 Å². The molecule has 1 unspecified atom stereocenters. The molecule has 1 aromatic carbocycles. The van der Waals surface area contributed by atoms with Crippen LogP contribution in [0.2, 0.25) is 5.02 Å². The Morgan fingerprint density at radius 2 is 1.79 bits per heavy atom. The largest absolute Gasteiger partial charge is 0.312 e. The van der Waals surface area contributed by atoms with E-state index in [1.165, 1.54) is 5.75 Å². The smallest absolute Gasteiger partial charge is 0.233 e. The number of thioether (sulfide) groups is 1. The highest BCUT2D eigenvalue weighted by Gasteiger charge is 2.48. The fourth-order valence-electron chi connectivity index (χ4n) is 4.02. The maximum absolute atomic E-state index is 13.1. The van der Waals surface area contributed by atoms with E-state index in [9.17, 15) is 4.79 Å². The number of halogens is 1. The Labute approximate surface area is 154 Å². The van der Waals surface area contributed by atoms with Gasteiger partial charge in [0.1, 0.15) is 0 Å². The van der Waals surface area contributed by atoms with Gasteiger partial charge in [-0.15, -0.1) is 0 Å². The lowest BCUT2D eigenvalue weighted by atomic mass is 9.77. The summed E-state index contributed by atoms with van der Waals surface area (Å²) in [5.41, 5.74) is 0.855.